The SMILES string of the molecule is CCCCN=C(NC#N)N1CCN(c2ncnc3cc(OC)c(OC)cc23)CC1. The van der Waals surface area contributed by atoms with Crippen LogP contribution in [0.2, 0.25) is 0 Å². The van der Waals surface area contributed by atoms with E-state index in [4.69, 9.17) is 14.7 Å². The second kappa shape index (κ2) is 9.78. The number of unbranched alkanes of at least 4 members (excludes halogenated alkanes) is 1. The van der Waals surface area contributed by atoms with Crippen molar-refractivity contribution >= 4 is 22.7 Å². The fourth-order valence-corrected chi connectivity index (χ4v) is 3.36. The molecule has 0 unspecified atom stereocenters. The van der Waals surface area contributed by atoms with Gasteiger partial charge in [0.15, 0.2) is 17.7 Å². The highest BCUT2D eigenvalue weighted by molar-refractivity contribution is 5.92. The van der Waals surface area contributed by atoms with Gasteiger partial charge in [-0.25, -0.2) is 9.97 Å². The van der Waals surface area contributed by atoms with E-state index in [2.05, 4.69) is 37.0 Å². The van der Waals surface area contributed by atoms with Gasteiger partial charge in [0.25, 0.3) is 0 Å². The summed E-state index contributed by atoms with van der Waals surface area (Å²) in [6.45, 7) is 5.87. The van der Waals surface area contributed by atoms with E-state index >= 15 is 0 Å². The Kier molecular flexibility index (Phi) is 6.89. The topological polar surface area (TPSA) is 98.9 Å². The summed E-state index contributed by atoms with van der Waals surface area (Å²) in [6, 6.07) is 3.79. The van der Waals surface area contributed by atoms with Crippen molar-refractivity contribution in [3.8, 4) is 17.7 Å². The number of guanidine groups is 1. The highest BCUT2D eigenvalue weighted by atomic mass is 16.5. The molecule has 9 nitrogen and oxygen atoms in total. The first-order chi connectivity index (χ1) is 14.2. The smallest absolute Gasteiger partial charge is 0.207 e. The van der Waals surface area contributed by atoms with Crippen LogP contribution >= 0.6 is 0 Å². The molecule has 1 aliphatic heterocycles. The monoisotopic (exact) mass is 397 g/mol. The molecule has 9 heteroatoms. The van der Waals surface area contributed by atoms with E-state index < -0.39 is 0 Å². The van der Waals surface area contributed by atoms with Gasteiger partial charge in [0.1, 0.15) is 12.1 Å². The Bertz CT molecular complexity index is 902. The molecule has 29 heavy (non-hydrogen) atoms. The van der Waals surface area contributed by atoms with Crippen LogP contribution in [0.4, 0.5) is 5.82 Å². The number of rotatable bonds is 6. The lowest BCUT2D eigenvalue weighted by Gasteiger charge is -2.36. The van der Waals surface area contributed by atoms with E-state index in [1.54, 1.807) is 20.5 Å². The maximum absolute atomic E-state index is 9.05. The summed E-state index contributed by atoms with van der Waals surface area (Å²) in [5.74, 6) is 2.82. The lowest BCUT2D eigenvalue weighted by Crippen LogP contribution is -2.52. The zero-order valence-corrected chi connectivity index (χ0v) is 17.2. The maximum Gasteiger partial charge on any atom is 0.207 e. The summed E-state index contributed by atoms with van der Waals surface area (Å²) in [7, 11) is 3.23. The molecule has 154 valence electrons. The molecule has 2 heterocycles. The van der Waals surface area contributed by atoms with Gasteiger partial charge in [0.2, 0.25) is 5.96 Å². The first-order valence-corrected chi connectivity index (χ1v) is 9.78. The van der Waals surface area contributed by atoms with Gasteiger partial charge in [0.05, 0.1) is 19.7 Å². The number of ether oxygens (including phenoxy) is 2. The summed E-state index contributed by atoms with van der Waals surface area (Å²) in [5, 5.41) is 12.7. The standard InChI is InChI=1S/C20H27N7O2/c1-4-5-6-22-20(23-13-21)27-9-7-26(8-10-27)19-15-11-17(28-2)18(29-3)12-16(15)24-14-25-19/h11-12,14H,4-10H2,1-3H3,(H,22,23). The number of methoxy groups -OCH3 is 2. The molecule has 1 aromatic carbocycles. The zero-order valence-electron chi connectivity index (χ0n) is 17.2. The first-order valence-electron chi connectivity index (χ1n) is 9.78. The van der Waals surface area contributed by atoms with Crippen molar-refractivity contribution in [1.29, 1.82) is 5.26 Å². The van der Waals surface area contributed by atoms with Crippen molar-refractivity contribution in [2.45, 2.75) is 19.8 Å². The molecule has 2 aromatic rings. The van der Waals surface area contributed by atoms with Crippen LogP contribution in [-0.2, 0) is 0 Å². The third-order valence-electron chi connectivity index (χ3n) is 4.94. The number of aromatic nitrogens is 2. The predicted molar refractivity (Wildman–Crippen MR) is 112 cm³/mol. The molecule has 1 N–H and O–H groups in total. The number of piperazine rings is 1. The molecule has 0 spiro atoms. The number of benzene rings is 1. The Labute approximate surface area is 171 Å². The number of hydrogen-bond acceptors (Lipinski definition) is 7. The normalized spacial score (nSPS) is 14.6. The first kappa shape index (κ1) is 20.5. The average Bonchev–Trinajstić information content (AvgIpc) is 2.77. The van der Waals surface area contributed by atoms with Gasteiger partial charge in [-0.2, -0.15) is 5.26 Å². The maximum atomic E-state index is 9.05. The Hall–Kier alpha value is -3.28. The molecule has 1 aliphatic rings. The van der Waals surface area contributed by atoms with Crippen molar-refractivity contribution < 1.29 is 9.47 Å². The lowest BCUT2D eigenvalue weighted by atomic mass is 10.2. The quantitative estimate of drug-likeness (QED) is 0.260. The van der Waals surface area contributed by atoms with Gasteiger partial charge in [-0.05, 0) is 12.5 Å². The number of nitrogens with zero attached hydrogens (tertiary/aromatic N) is 6. The van der Waals surface area contributed by atoms with Gasteiger partial charge in [-0.3, -0.25) is 10.3 Å². The van der Waals surface area contributed by atoms with Crippen LogP contribution in [0.1, 0.15) is 19.8 Å². The number of anilines is 1. The van der Waals surface area contributed by atoms with Crippen LogP contribution in [0.3, 0.4) is 0 Å². The summed E-state index contributed by atoms with van der Waals surface area (Å²) in [4.78, 5) is 17.8. The molecule has 1 aromatic heterocycles. The average molecular weight is 397 g/mol. The fraction of sp³-hybridized carbons (Fsp3) is 0.500. The van der Waals surface area contributed by atoms with Crippen LogP contribution in [0.25, 0.3) is 10.9 Å². The van der Waals surface area contributed by atoms with E-state index in [0.29, 0.717) is 17.5 Å². The molecule has 3 rings (SSSR count). The van der Waals surface area contributed by atoms with Crippen LogP contribution < -0.4 is 19.7 Å². The number of hydrogen-bond donors (Lipinski definition) is 1. The zero-order chi connectivity index (χ0) is 20.6. The Morgan fingerprint density at radius 2 is 1.90 bits per heavy atom. The Morgan fingerprint density at radius 3 is 2.55 bits per heavy atom. The fourth-order valence-electron chi connectivity index (χ4n) is 3.36. The summed E-state index contributed by atoms with van der Waals surface area (Å²) in [6.07, 6.45) is 5.66. The van der Waals surface area contributed by atoms with E-state index in [0.717, 1.165) is 62.3 Å². The number of nitriles is 1. The second-order valence-electron chi connectivity index (χ2n) is 6.69. The van der Waals surface area contributed by atoms with Crippen LogP contribution in [0.15, 0.2) is 23.5 Å². The molecule has 1 saturated heterocycles. The van der Waals surface area contributed by atoms with Crippen molar-refractivity contribution in [3.63, 3.8) is 0 Å². The summed E-state index contributed by atoms with van der Waals surface area (Å²) >= 11 is 0. The third-order valence-corrected chi connectivity index (χ3v) is 4.94. The molecule has 0 radical (unpaired) electrons. The summed E-state index contributed by atoms with van der Waals surface area (Å²) < 4.78 is 10.8. The van der Waals surface area contributed by atoms with Crippen LogP contribution in [0, 0.1) is 11.5 Å². The Morgan fingerprint density at radius 1 is 1.17 bits per heavy atom. The molecule has 0 aliphatic carbocycles. The van der Waals surface area contributed by atoms with Gasteiger partial charge < -0.3 is 19.3 Å². The molecule has 0 bridgehead atoms. The molecule has 1 fully saturated rings. The summed E-state index contributed by atoms with van der Waals surface area (Å²) in [5.41, 5.74) is 0.808. The van der Waals surface area contributed by atoms with Crippen molar-refractivity contribution in [2.24, 2.45) is 4.99 Å². The molecular formula is C20H27N7O2. The van der Waals surface area contributed by atoms with E-state index in [9.17, 15) is 0 Å². The number of fused-ring (bicyclic) bond motifs is 1. The van der Waals surface area contributed by atoms with E-state index in [1.807, 2.05) is 18.3 Å². The molecule has 0 amide bonds. The van der Waals surface area contributed by atoms with E-state index in [1.165, 1.54) is 0 Å². The minimum absolute atomic E-state index is 0.643. The van der Waals surface area contributed by atoms with Gasteiger partial charge in [-0.1, -0.05) is 13.3 Å². The largest absolute Gasteiger partial charge is 0.493 e. The minimum Gasteiger partial charge on any atom is -0.493 e. The highest BCUT2D eigenvalue weighted by Gasteiger charge is 2.23. The number of nitrogens with one attached hydrogen (secondary N) is 1. The minimum atomic E-state index is 0.643. The van der Waals surface area contributed by atoms with E-state index in [-0.39, 0.29) is 0 Å². The lowest BCUT2D eigenvalue weighted by molar-refractivity contribution is 0.355. The molecular weight excluding hydrogens is 370 g/mol. The molecule has 0 atom stereocenters. The second-order valence-corrected chi connectivity index (χ2v) is 6.69. The van der Waals surface area contributed by atoms with Crippen molar-refractivity contribution in [2.75, 3.05) is 51.8 Å². The van der Waals surface area contributed by atoms with Crippen molar-refractivity contribution in [3.05, 3.63) is 18.5 Å². The van der Waals surface area contributed by atoms with Crippen LogP contribution in [-0.4, -0.2) is 67.8 Å². The highest BCUT2D eigenvalue weighted by Crippen LogP contribution is 2.34. The Balaban J connectivity index is 1.79. The van der Waals surface area contributed by atoms with Gasteiger partial charge >= 0.3 is 0 Å². The number of aliphatic imine (C=N–C) groups is 1. The molecule has 0 saturated carbocycles. The third kappa shape index (κ3) is 4.59. The predicted octanol–water partition coefficient (Wildman–Crippen LogP) is 2.00. The van der Waals surface area contributed by atoms with Crippen LogP contribution in [0.5, 0.6) is 11.5 Å². The van der Waals surface area contributed by atoms with Gasteiger partial charge in [-0.15, -0.1) is 0 Å². The van der Waals surface area contributed by atoms with Gasteiger partial charge in [0, 0.05) is 44.2 Å². The van der Waals surface area contributed by atoms with Crippen molar-refractivity contribution in [1.82, 2.24) is 20.2 Å².